The summed E-state index contributed by atoms with van der Waals surface area (Å²) in [5, 5.41) is 11.8. The van der Waals surface area contributed by atoms with E-state index in [0.717, 1.165) is 25.1 Å². The van der Waals surface area contributed by atoms with Gasteiger partial charge in [-0.1, -0.05) is 37.6 Å². The van der Waals surface area contributed by atoms with Crippen molar-refractivity contribution in [2.24, 2.45) is 0 Å². The summed E-state index contributed by atoms with van der Waals surface area (Å²) in [4.78, 5) is 27.9. The zero-order valence-corrected chi connectivity index (χ0v) is 19.2. The minimum absolute atomic E-state index is 0.0998. The Bertz CT molecular complexity index is 1150. The highest BCUT2D eigenvalue weighted by molar-refractivity contribution is 5.75. The van der Waals surface area contributed by atoms with Crippen molar-refractivity contribution in [2.45, 2.75) is 59.0 Å². The molecule has 1 N–H and O–H groups in total. The predicted octanol–water partition coefficient (Wildman–Crippen LogP) is 2.42. The maximum Gasteiger partial charge on any atom is 0.293 e. The van der Waals surface area contributed by atoms with E-state index in [0.29, 0.717) is 29.6 Å². The minimum atomic E-state index is -0.320. The van der Waals surface area contributed by atoms with Crippen LogP contribution in [-0.4, -0.2) is 55.9 Å². The molecule has 3 heterocycles. The number of benzene rings is 1. The molecule has 0 unspecified atom stereocenters. The number of carbonyl (C=O) groups excluding carboxylic acids is 1. The molecule has 8 heteroatoms. The summed E-state index contributed by atoms with van der Waals surface area (Å²) in [6.45, 7) is 8.52. The van der Waals surface area contributed by atoms with Crippen molar-refractivity contribution < 1.29 is 4.79 Å². The molecule has 8 nitrogen and oxygen atoms in total. The zero-order chi connectivity index (χ0) is 22.7. The van der Waals surface area contributed by atoms with Gasteiger partial charge in [0.15, 0.2) is 0 Å². The Morgan fingerprint density at radius 3 is 2.69 bits per heavy atom. The largest absolute Gasteiger partial charge is 0.353 e. The predicted molar refractivity (Wildman–Crippen MR) is 125 cm³/mol. The molecule has 4 rings (SSSR count). The molecule has 1 amide bonds. The molecule has 1 fully saturated rings. The molecule has 0 spiro atoms. The fourth-order valence-corrected chi connectivity index (χ4v) is 4.35. The zero-order valence-electron chi connectivity index (χ0n) is 19.2. The van der Waals surface area contributed by atoms with E-state index in [4.69, 9.17) is 0 Å². The first-order valence-corrected chi connectivity index (χ1v) is 11.5. The number of aryl methyl sites for hydroxylation is 2. The van der Waals surface area contributed by atoms with E-state index in [1.54, 1.807) is 17.5 Å². The molecule has 2 aromatic heterocycles. The lowest BCUT2D eigenvalue weighted by atomic mass is 10.0. The number of nitrogens with zero attached hydrogens (tertiary/aromatic N) is 5. The van der Waals surface area contributed by atoms with Crippen LogP contribution in [0.15, 0.2) is 35.1 Å². The van der Waals surface area contributed by atoms with Crippen molar-refractivity contribution in [1.82, 2.24) is 29.6 Å². The molecular weight excluding hydrogens is 404 g/mol. The smallest absolute Gasteiger partial charge is 0.293 e. The van der Waals surface area contributed by atoms with Crippen molar-refractivity contribution in [1.29, 1.82) is 0 Å². The second kappa shape index (κ2) is 9.65. The summed E-state index contributed by atoms with van der Waals surface area (Å²) < 4.78 is 2.78. The van der Waals surface area contributed by atoms with Crippen LogP contribution < -0.4 is 10.9 Å². The van der Waals surface area contributed by atoms with Gasteiger partial charge >= 0.3 is 0 Å². The Morgan fingerprint density at radius 1 is 1.19 bits per heavy atom. The third-order valence-electron chi connectivity index (χ3n) is 6.35. The molecule has 1 aliphatic heterocycles. The van der Waals surface area contributed by atoms with Gasteiger partial charge in [-0.3, -0.25) is 14.5 Å². The van der Waals surface area contributed by atoms with E-state index in [9.17, 15) is 9.59 Å². The third kappa shape index (κ3) is 4.75. The molecule has 0 saturated carbocycles. The number of fused-ring (bicyclic) bond motifs is 1. The van der Waals surface area contributed by atoms with Crippen molar-refractivity contribution in [3.8, 4) is 11.3 Å². The summed E-state index contributed by atoms with van der Waals surface area (Å²) in [6, 6.07) is 10.5. The lowest BCUT2D eigenvalue weighted by molar-refractivity contribution is -0.122. The Hall–Kier alpha value is -3.00. The van der Waals surface area contributed by atoms with Crippen LogP contribution >= 0.6 is 0 Å². The van der Waals surface area contributed by atoms with Crippen molar-refractivity contribution in [3.63, 3.8) is 0 Å². The molecule has 1 atom stereocenters. The Balaban J connectivity index is 1.46. The van der Waals surface area contributed by atoms with Crippen LogP contribution in [0.25, 0.3) is 16.8 Å². The van der Waals surface area contributed by atoms with Gasteiger partial charge < -0.3 is 5.32 Å². The first-order chi connectivity index (χ1) is 15.5. The fourth-order valence-electron chi connectivity index (χ4n) is 4.35. The highest BCUT2D eigenvalue weighted by Crippen LogP contribution is 2.20. The molecule has 1 aliphatic rings. The Kier molecular flexibility index (Phi) is 6.69. The first-order valence-electron chi connectivity index (χ1n) is 11.5. The topological polar surface area (TPSA) is 84.5 Å². The summed E-state index contributed by atoms with van der Waals surface area (Å²) >= 11 is 0. The number of nitrogens with one attached hydrogen (secondary N) is 1. The number of piperidine rings is 1. The van der Waals surface area contributed by atoms with Crippen LogP contribution in [0, 0.1) is 6.92 Å². The summed E-state index contributed by atoms with van der Waals surface area (Å²) in [6.07, 6.45) is 4.68. The number of hydrogen-bond acceptors (Lipinski definition) is 5. The van der Waals surface area contributed by atoms with Crippen LogP contribution in [0.2, 0.25) is 0 Å². The van der Waals surface area contributed by atoms with E-state index in [2.05, 4.69) is 46.4 Å². The number of likely N-dealkylation sites (tertiary alicyclic amines) is 1. The highest BCUT2D eigenvalue weighted by atomic mass is 16.2. The standard InChI is InChI=1S/C24H32N6O2/c1-4-19-8-10-20(11-9-19)21-15-22-24(32)29(26-18(3)30(22)27-21)16-23(31)25-12-14-28-13-6-5-7-17(28)2/h8-11,15,17H,4-7,12-14,16H2,1-3H3,(H,25,31)/t17-/m0/s1. The van der Waals surface area contributed by atoms with Gasteiger partial charge in [-0.25, -0.2) is 9.20 Å². The van der Waals surface area contributed by atoms with Gasteiger partial charge in [0.25, 0.3) is 5.56 Å². The molecular formula is C24H32N6O2. The first kappa shape index (κ1) is 22.2. The normalized spacial score (nSPS) is 17.0. The van der Waals surface area contributed by atoms with Crippen LogP contribution in [0.3, 0.4) is 0 Å². The van der Waals surface area contributed by atoms with Crippen LogP contribution in [0.4, 0.5) is 0 Å². The molecule has 0 radical (unpaired) electrons. The second-order valence-corrected chi connectivity index (χ2v) is 8.62. The molecule has 32 heavy (non-hydrogen) atoms. The average molecular weight is 437 g/mol. The maximum atomic E-state index is 13.0. The number of amides is 1. The summed E-state index contributed by atoms with van der Waals surface area (Å²) in [5.41, 5.74) is 3.01. The van der Waals surface area contributed by atoms with Crippen molar-refractivity contribution in [2.75, 3.05) is 19.6 Å². The van der Waals surface area contributed by atoms with Gasteiger partial charge in [0.1, 0.15) is 17.9 Å². The van der Waals surface area contributed by atoms with Crippen molar-refractivity contribution >= 4 is 11.4 Å². The van der Waals surface area contributed by atoms with Gasteiger partial charge in [0.2, 0.25) is 5.91 Å². The van der Waals surface area contributed by atoms with E-state index in [-0.39, 0.29) is 18.0 Å². The van der Waals surface area contributed by atoms with Gasteiger partial charge in [-0.15, -0.1) is 0 Å². The van der Waals surface area contributed by atoms with Crippen molar-refractivity contribution in [3.05, 3.63) is 52.1 Å². The number of carbonyl (C=O) groups is 1. The molecule has 170 valence electrons. The van der Waals surface area contributed by atoms with Gasteiger partial charge in [0.05, 0.1) is 5.69 Å². The number of hydrogen-bond donors (Lipinski definition) is 1. The van der Waals surface area contributed by atoms with Crippen LogP contribution in [0.5, 0.6) is 0 Å². The summed E-state index contributed by atoms with van der Waals surface area (Å²) in [5.74, 6) is 0.355. The van der Waals surface area contributed by atoms with E-state index in [1.807, 2.05) is 12.1 Å². The maximum absolute atomic E-state index is 13.0. The van der Waals surface area contributed by atoms with Gasteiger partial charge in [-0.2, -0.15) is 10.2 Å². The van der Waals surface area contributed by atoms with Gasteiger partial charge in [0, 0.05) is 24.7 Å². The van der Waals surface area contributed by atoms with Gasteiger partial charge in [-0.05, 0) is 51.3 Å². The van der Waals surface area contributed by atoms with E-state index in [1.165, 1.54) is 29.5 Å². The average Bonchev–Trinajstić information content (AvgIpc) is 3.25. The third-order valence-corrected chi connectivity index (χ3v) is 6.35. The Labute approximate surface area is 188 Å². The number of aromatic nitrogens is 4. The highest BCUT2D eigenvalue weighted by Gasteiger charge is 2.18. The fraction of sp³-hybridized carbons (Fsp3) is 0.500. The number of rotatable bonds is 7. The van der Waals surface area contributed by atoms with E-state index < -0.39 is 0 Å². The molecule has 0 bridgehead atoms. The Morgan fingerprint density at radius 2 is 1.97 bits per heavy atom. The SMILES string of the molecule is CCc1ccc(-c2cc3c(=O)n(CC(=O)NCCN4CCCC[C@@H]4C)nc(C)n3n2)cc1. The quantitative estimate of drug-likeness (QED) is 0.615. The summed E-state index contributed by atoms with van der Waals surface area (Å²) in [7, 11) is 0. The lowest BCUT2D eigenvalue weighted by Crippen LogP contribution is -2.43. The van der Waals surface area contributed by atoms with E-state index >= 15 is 0 Å². The minimum Gasteiger partial charge on any atom is -0.353 e. The monoisotopic (exact) mass is 436 g/mol. The second-order valence-electron chi connectivity index (χ2n) is 8.62. The van der Waals surface area contributed by atoms with Crippen LogP contribution in [0.1, 0.15) is 44.5 Å². The molecule has 3 aromatic rings. The molecule has 1 saturated heterocycles. The van der Waals surface area contributed by atoms with Crippen LogP contribution in [-0.2, 0) is 17.8 Å². The molecule has 1 aromatic carbocycles. The lowest BCUT2D eigenvalue weighted by Gasteiger charge is -2.33. The molecule has 0 aliphatic carbocycles.